The highest BCUT2D eigenvalue weighted by Gasteiger charge is 2.22. The number of hydrogen-bond donors (Lipinski definition) is 2. The van der Waals surface area contributed by atoms with Gasteiger partial charge in [0.05, 0.1) is 19.8 Å². The minimum absolute atomic E-state index is 0.0520. The van der Waals surface area contributed by atoms with Crippen molar-refractivity contribution in [2.45, 2.75) is 39.7 Å². The summed E-state index contributed by atoms with van der Waals surface area (Å²) in [6, 6.07) is 0.334. The summed E-state index contributed by atoms with van der Waals surface area (Å²) in [6.45, 7) is 10.7. The van der Waals surface area contributed by atoms with Gasteiger partial charge in [0.15, 0.2) is 0 Å². The van der Waals surface area contributed by atoms with Gasteiger partial charge in [0.2, 0.25) is 5.91 Å². The Kier molecular flexibility index (Phi) is 9.63. The Bertz CT molecular complexity index is 357. The molecule has 1 atom stereocenters. The zero-order valence-electron chi connectivity index (χ0n) is 14.6. The number of rotatable bonds is 9. The maximum absolute atomic E-state index is 11.9. The number of carbonyl (C=O) groups excluding carboxylic acids is 2. The van der Waals surface area contributed by atoms with Crippen LogP contribution in [0.5, 0.6) is 0 Å². The van der Waals surface area contributed by atoms with Crippen LogP contribution < -0.4 is 10.6 Å². The molecule has 7 heteroatoms. The van der Waals surface area contributed by atoms with E-state index in [4.69, 9.17) is 9.47 Å². The van der Waals surface area contributed by atoms with Crippen LogP contribution in [0.4, 0.5) is 4.79 Å². The first-order chi connectivity index (χ1) is 11.0. The molecular formula is C16H31N3O4. The molecule has 23 heavy (non-hydrogen) atoms. The first-order valence-electron chi connectivity index (χ1n) is 8.52. The third-order valence-corrected chi connectivity index (χ3v) is 3.74. The van der Waals surface area contributed by atoms with Crippen LogP contribution >= 0.6 is 0 Å². The van der Waals surface area contributed by atoms with E-state index >= 15 is 0 Å². The highest BCUT2D eigenvalue weighted by atomic mass is 16.5. The molecule has 2 amide bonds. The Morgan fingerprint density at radius 1 is 1.22 bits per heavy atom. The van der Waals surface area contributed by atoms with Gasteiger partial charge in [-0.3, -0.25) is 9.69 Å². The van der Waals surface area contributed by atoms with Gasteiger partial charge >= 0.3 is 6.09 Å². The highest BCUT2D eigenvalue weighted by molar-refractivity contribution is 5.77. The maximum Gasteiger partial charge on any atom is 0.407 e. The zero-order valence-corrected chi connectivity index (χ0v) is 14.6. The largest absolute Gasteiger partial charge is 0.450 e. The van der Waals surface area contributed by atoms with E-state index in [1.165, 1.54) is 0 Å². The number of amides is 2. The number of alkyl carbamates (subject to hydrolysis) is 1. The molecule has 2 N–H and O–H groups in total. The average molecular weight is 329 g/mol. The molecular weight excluding hydrogens is 298 g/mol. The van der Waals surface area contributed by atoms with Gasteiger partial charge < -0.3 is 20.1 Å². The Hall–Kier alpha value is -1.34. The van der Waals surface area contributed by atoms with E-state index in [0.29, 0.717) is 25.1 Å². The Labute approximate surface area is 139 Å². The molecule has 0 aromatic carbocycles. The SMILES string of the molecule is CCOC(=O)NCCC(=O)NCC(CC(C)C)N1CCOCC1. The van der Waals surface area contributed by atoms with E-state index in [-0.39, 0.29) is 18.9 Å². The van der Waals surface area contributed by atoms with E-state index in [2.05, 4.69) is 29.4 Å². The van der Waals surface area contributed by atoms with E-state index in [9.17, 15) is 9.59 Å². The first kappa shape index (κ1) is 19.7. The number of hydrogen-bond acceptors (Lipinski definition) is 5. The van der Waals surface area contributed by atoms with Gasteiger partial charge in [-0.1, -0.05) is 13.8 Å². The number of morpholine rings is 1. The fraction of sp³-hybridized carbons (Fsp3) is 0.875. The molecule has 0 radical (unpaired) electrons. The van der Waals surface area contributed by atoms with E-state index < -0.39 is 6.09 Å². The number of nitrogens with zero attached hydrogens (tertiary/aromatic N) is 1. The molecule has 134 valence electrons. The molecule has 1 saturated heterocycles. The van der Waals surface area contributed by atoms with Crippen LogP contribution in [0.25, 0.3) is 0 Å². The lowest BCUT2D eigenvalue weighted by Crippen LogP contribution is -2.49. The van der Waals surface area contributed by atoms with Crippen molar-refractivity contribution < 1.29 is 19.1 Å². The lowest BCUT2D eigenvalue weighted by atomic mass is 10.0. The molecule has 0 aliphatic carbocycles. The van der Waals surface area contributed by atoms with Crippen molar-refractivity contribution in [3.63, 3.8) is 0 Å². The fourth-order valence-corrected chi connectivity index (χ4v) is 2.63. The number of ether oxygens (including phenoxy) is 2. The lowest BCUT2D eigenvalue weighted by molar-refractivity contribution is -0.121. The van der Waals surface area contributed by atoms with Crippen LogP contribution in [0.15, 0.2) is 0 Å². The fourth-order valence-electron chi connectivity index (χ4n) is 2.63. The van der Waals surface area contributed by atoms with Gasteiger partial charge in [-0.05, 0) is 19.3 Å². The Balaban J connectivity index is 2.29. The molecule has 1 aliphatic rings. The molecule has 0 aromatic rings. The van der Waals surface area contributed by atoms with Crippen LogP contribution in [0, 0.1) is 5.92 Å². The third kappa shape index (κ3) is 8.76. The molecule has 1 heterocycles. The summed E-state index contributed by atoms with van der Waals surface area (Å²) in [4.78, 5) is 25.4. The second kappa shape index (κ2) is 11.2. The summed E-state index contributed by atoms with van der Waals surface area (Å²) in [5, 5.41) is 5.53. The van der Waals surface area contributed by atoms with E-state index in [1.54, 1.807) is 6.92 Å². The molecule has 1 aliphatic heterocycles. The molecule has 0 bridgehead atoms. The van der Waals surface area contributed by atoms with Crippen molar-refractivity contribution in [2.24, 2.45) is 5.92 Å². The van der Waals surface area contributed by atoms with Crippen LogP contribution in [0.2, 0.25) is 0 Å². The molecule has 0 aromatic heterocycles. The van der Waals surface area contributed by atoms with Crippen molar-refractivity contribution in [2.75, 3.05) is 46.0 Å². The van der Waals surface area contributed by atoms with Crippen molar-refractivity contribution >= 4 is 12.0 Å². The third-order valence-electron chi connectivity index (χ3n) is 3.74. The minimum Gasteiger partial charge on any atom is -0.450 e. The molecule has 1 fully saturated rings. The molecule has 0 saturated carbocycles. The number of nitrogens with one attached hydrogen (secondary N) is 2. The van der Waals surface area contributed by atoms with Gasteiger partial charge in [0.1, 0.15) is 0 Å². The van der Waals surface area contributed by atoms with Crippen molar-refractivity contribution in [1.82, 2.24) is 15.5 Å². The van der Waals surface area contributed by atoms with Gasteiger partial charge in [-0.15, -0.1) is 0 Å². The highest BCUT2D eigenvalue weighted by Crippen LogP contribution is 2.13. The van der Waals surface area contributed by atoms with Gasteiger partial charge in [0.25, 0.3) is 0 Å². The number of carbonyl (C=O) groups is 2. The average Bonchev–Trinajstić information content (AvgIpc) is 2.52. The second-order valence-corrected chi connectivity index (χ2v) is 6.13. The maximum atomic E-state index is 11.9. The quantitative estimate of drug-likeness (QED) is 0.659. The van der Waals surface area contributed by atoms with E-state index in [1.807, 2.05) is 0 Å². The summed E-state index contributed by atoms with van der Waals surface area (Å²) in [6.07, 6.45) is 0.823. The summed E-state index contributed by atoms with van der Waals surface area (Å²) < 4.78 is 10.1. The minimum atomic E-state index is -0.480. The van der Waals surface area contributed by atoms with Crippen molar-refractivity contribution in [1.29, 1.82) is 0 Å². The normalized spacial score (nSPS) is 16.9. The molecule has 0 spiro atoms. The first-order valence-corrected chi connectivity index (χ1v) is 8.52. The second-order valence-electron chi connectivity index (χ2n) is 6.13. The molecule has 1 unspecified atom stereocenters. The smallest absolute Gasteiger partial charge is 0.407 e. The van der Waals surface area contributed by atoms with Crippen LogP contribution in [0.3, 0.4) is 0 Å². The van der Waals surface area contributed by atoms with Crippen LogP contribution in [-0.4, -0.2) is 68.9 Å². The summed E-state index contributed by atoms with van der Waals surface area (Å²) in [7, 11) is 0. The standard InChI is InChI=1S/C16H31N3O4/c1-4-23-16(21)17-6-5-15(20)18-12-14(11-13(2)3)19-7-9-22-10-8-19/h13-14H,4-12H2,1-3H3,(H,17,21)(H,18,20). The Morgan fingerprint density at radius 3 is 2.52 bits per heavy atom. The van der Waals surface area contributed by atoms with Gasteiger partial charge in [-0.25, -0.2) is 4.79 Å². The molecule has 7 nitrogen and oxygen atoms in total. The molecule has 1 rings (SSSR count). The predicted octanol–water partition coefficient (Wildman–Crippen LogP) is 0.986. The van der Waals surface area contributed by atoms with Crippen molar-refractivity contribution in [3.05, 3.63) is 0 Å². The summed E-state index contributed by atoms with van der Waals surface area (Å²) in [5.74, 6) is 0.522. The van der Waals surface area contributed by atoms with E-state index in [0.717, 1.165) is 32.7 Å². The summed E-state index contributed by atoms with van der Waals surface area (Å²) in [5.41, 5.74) is 0. The van der Waals surface area contributed by atoms with Gasteiger partial charge in [-0.2, -0.15) is 0 Å². The monoisotopic (exact) mass is 329 g/mol. The Morgan fingerprint density at radius 2 is 1.91 bits per heavy atom. The van der Waals surface area contributed by atoms with Gasteiger partial charge in [0, 0.05) is 38.6 Å². The zero-order chi connectivity index (χ0) is 17.1. The topological polar surface area (TPSA) is 79.9 Å². The predicted molar refractivity (Wildman–Crippen MR) is 88.3 cm³/mol. The summed E-state index contributed by atoms with van der Waals surface area (Å²) >= 11 is 0. The van der Waals surface area contributed by atoms with Crippen LogP contribution in [0.1, 0.15) is 33.6 Å². The van der Waals surface area contributed by atoms with Crippen molar-refractivity contribution in [3.8, 4) is 0 Å². The van der Waals surface area contributed by atoms with Crippen LogP contribution in [-0.2, 0) is 14.3 Å². The lowest BCUT2D eigenvalue weighted by Gasteiger charge is -2.35.